The van der Waals surface area contributed by atoms with Gasteiger partial charge in [-0.3, -0.25) is 9.79 Å². The van der Waals surface area contributed by atoms with Crippen molar-refractivity contribution in [3.63, 3.8) is 0 Å². The normalized spacial score (nSPS) is 18.8. The quantitative estimate of drug-likeness (QED) is 0.764. The van der Waals surface area contributed by atoms with Crippen LogP contribution in [0, 0.1) is 0 Å². The van der Waals surface area contributed by atoms with Crippen molar-refractivity contribution in [1.82, 2.24) is 0 Å². The highest BCUT2D eigenvalue weighted by molar-refractivity contribution is 6.04. The predicted molar refractivity (Wildman–Crippen MR) is 63.6 cm³/mol. The van der Waals surface area contributed by atoms with E-state index in [1.165, 1.54) is 0 Å². The van der Waals surface area contributed by atoms with E-state index in [4.69, 9.17) is 4.74 Å². The molecule has 0 amide bonds. The van der Waals surface area contributed by atoms with Crippen LogP contribution < -0.4 is 4.74 Å². The molecule has 1 aromatic carbocycles. The minimum Gasteiger partial charge on any atom is -0.497 e. The van der Waals surface area contributed by atoms with Crippen LogP contribution in [0.4, 0.5) is 5.69 Å². The molecule has 0 bridgehead atoms. The molecule has 1 saturated carbocycles. The van der Waals surface area contributed by atoms with Crippen molar-refractivity contribution in [3.8, 4) is 5.75 Å². The highest BCUT2D eigenvalue weighted by Crippen LogP contribution is 2.22. The summed E-state index contributed by atoms with van der Waals surface area (Å²) in [6.07, 6.45) is 3.08. The maximum Gasteiger partial charge on any atom is 0.138 e. The second-order valence-corrected chi connectivity index (χ2v) is 3.95. The summed E-state index contributed by atoms with van der Waals surface area (Å²) in [7, 11) is 1.64. The minimum atomic E-state index is 0.299. The zero-order valence-electron chi connectivity index (χ0n) is 9.40. The Labute approximate surface area is 95.2 Å². The maximum atomic E-state index is 11.3. The van der Waals surface area contributed by atoms with Gasteiger partial charge in [-0.15, -0.1) is 0 Å². The molecular weight excluding hydrogens is 202 g/mol. The van der Waals surface area contributed by atoms with E-state index in [9.17, 15) is 4.79 Å². The van der Waals surface area contributed by atoms with Gasteiger partial charge in [0.2, 0.25) is 0 Å². The van der Waals surface area contributed by atoms with Gasteiger partial charge < -0.3 is 4.74 Å². The molecular formula is C13H15NO2. The fraction of sp³-hybridized carbons (Fsp3) is 0.385. The first-order valence-corrected chi connectivity index (χ1v) is 5.50. The zero-order valence-corrected chi connectivity index (χ0v) is 9.40. The van der Waals surface area contributed by atoms with Gasteiger partial charge in [0.25, 0.3) is 0 Å². The van der Waals surface area contributed by atoms with E-state index < -0.39 is 0 Å². The molecule has 0 N–H and O–H groups in total. The molecule has 0 aliphatic heterocycles. The first-order chi connectivity index (χ1) is 7.78. The number of ether oxygens (including phenoxy) is 1. The van der Waals surface area contributed by atoms with Gasteiger partial charge in [0.15, 0.2) is 0 Å². The second-order valence-electron chi connectivity index (χ2n) is 3.95. The Bertz CT molecular complexity index is 424. The number of carbonyl (C=O) groups is 1. The third-order valence-electron chi connectivity index (χ3n) is 2.66. The molecule has 0 unspecified atom stereocenters. The van der Waals surface area contributed by atoms with E-state index in [0.717, 1.165) is 30.0 Å². The smallest absolute Gasteiger partial charge is 0.138 e. The van der Waals surface area contributed by atoms with E-state index in [1.807, 2.05) is 24.3 Å². The first kappa shape index (κ1) is 10.9. The highest BCUT2D eigenvalue weighted by Gasteiger charge is 2.14. The molecule has 0 spiro atoms. The fourth-order valence-electron chi connectivity index (χ4n) is 1.85. The summed E-state index contributed by atoms with van der Waals surface area (Å²) < 4.78 is 5.13. The number of benzene rings is 1. The Morgan fingerprint density at radius 2 is 2.19 bits per heavy atom. The predicted octanol–water partition coefficient (Wildman–Crippen LogP) is 2.91. The molecule has 3 nitrogen and oxygen atoms in total. The standard InChI is InChI=1S/C13H15NO2/c1-16-13-7-3-5-11(9-13)14-10-4-2-6-12(15)8-10/h3,5,7,9H,2,4,6,8H2,1H3. The number of nitrogens with zero attached hydrogens (tertiary/aromatic N) is 1. The molecule has 0 atom stereocenters. The summed E-state index contributed by atoms with van der Waals surface area (Å²) in [6, 6.07) is 7.60. The molecule has 1 aliphatic rings. The molecule has 2 rings (SSSR count). The van der Waals surface area contributed by atoms with Crippen LogP contribution in [0.1, 0.15) is 25.7 Å². The molecule has 1 aliphatic carbocycles. The Kier molecular flexibility index (Phi) is 3.34. The molecule has 1 fully saturated rings. The average Bonchev–Trinajstić information content (AvgIpc) is 2.29. The van der Waals surface area contributed by atoms with Crippen molar-refractivity contribution in [3.05, 3.63) is 24.3 Å². The lowest BCUT2D eigenvalue weighted by Crippen LogP contribution is -2.13. The fourth-order valence-corrected chi connectivity index (χ4v) is 1.85. The van der Waals surface area contributed by atoms with Crippen LogP contribution in [-0.2, 0) is 4.79 Å². The number of hydrogen-bond acceptors (Lipinski definition) is 3. The number of Topliss-reactive ketones (excluding diaryl/α,β-unsaturated/α-hetero) is 1. The molecule has 1 aromatic rings. The lowest BCUT2D eigenvalue weighted by molar-refractivity contribution is -0.118. The lowest BCUT2D eigenvalue weighted by atomic mass is 9.97. The summed E-state index contributed by atoms with van der Waals surface area (Å²) in [5.74, 6) is 1.09. The molecule has 84 valence electrons. The van der Waals surface area contributed by atoms with Gasteiger partial charge in [-0.25, -0.2) is 0 Å². The Balaban J connectivity index is 2.17. The number of ketones is 1. The van der Waals surface area contributed by atoms with Gasteiger partial charge in [0, 0.05) is 24.6 Å². The van der Waals surface area contributed by atoms with E-state index in [1.54, 1.807) is 7.11 Å². The zero-order chi connectivity index (χ0) is 11.4. The van der Waals surface area contributed by atoms with Crippen molar-refractivity contribution in [2.75, 3.05) is 7.11 Å². The van der Waals surface area contributed by atoms with Gasteiger partial charge in [-0.05, 0) is 25.0 Å². The highest BCUT2D eigenvalue weighted by atomic mass is 16.5. The number of aliphatic imine (C=N–C) groups is 1. The average molecular weight is 217 g/mol. The van der Waals surface area contributed by atoms with Crippen LogP contribution in [0.2, 0.25) is 0 Å². The summed E-state index contributed by atoms with van der Waals surface area (Å²) in [5, 5.41) is 0. The van der Waals surface area contributed by atoms with Crippen LogP contribution in [0.5, 0.6) is 5.75 Å². The van der Waals surface area contributed by atoms with Crippen molar-refractivity contribution in [2.45, 2.75) is 25.7 Å². The lowest BCUT2D eigenvalue weighted by Gasteiger charge is -2.11. The van der Waals surface area contributed by atoms with Gasteiger partial charge in [-0.2, -0.15) is 0 Å². The summed E-state index contributed by atoms with van der Waals surface area (Å²) in [6.45, 7) is 0. The Morgan fingerprint density at radius 3 is 2.94 bits per heavy atom. The van der Waals surface area contributed by atoms with Crippen molar-refractivity contribution in [2.24, 2.45) is 4.99 Å². The second kappa shape index (κ2) is 4.92. The van der Waals surface area contributed by atoms with Gasteiger partial charge in [0.05, 0.1) is 12.8 Å². The third-order valence-corrected chi connectivity index (χ3v) is 2.66. The third kappa shape index (κ3) is 2.69. The topological polar surface area (TPSA) is 38.7 Å². The molecule has 0 heterocycles. The monoisotopic (exact) mass is 217 g/mol. The van der Waals surface area contributed by atoms with Crippen LogP contribution >= 0.6 is 0 Å². The number of rotatable bonds is 2. The summed E-state index contributed by atoms with van der Waals surface area (Å²) in [4.78, 5) is 15.8. The van der Waals surface area contributed by atoms with Crippen molar-refractivity contribution >= 4 is 17.2 Å². The minimum absolute atomic E-state index is 0.299. The van der Waals surface area contributed by atoms with Crippen molar-refractivity contribution in [1.29, 1.82) is 0 Å². The van der Waals surface area contributed by atoms with Crippen LogP contribution in [-0.4, -0.2) is 18.6 Å². The SMILES string of the molecule is COc1cccc(N=C2CCCC(=O)C2)c1. The molecule has 0 saturated heterocycles. The van der Waals surface area contributed by atoms with Gasteiger partial charge in [0.1, 0.15) is 11.5 Å². The van der Waals surface area contributed by atoms with Gasteiger partial charge in [-0.1, -0.05) is 6.07 Å². The van der Waals surface area contributed by atoms with Crippen molar-refractivity contribution < 1.29 is 9.53 Å². The van der Waals surface area contributed by atoms with E-state index in [0.29, 0.717) is 18.6 Å². The van der Waals surface area contributed by atoms with E-state index in [-0.39, 0.29) is 0 Å². The van der Waals surface area contributed by atoms with Crippen LogP contribution in [0.15, 0.2) is 29.3 Å². The molecule has 16 heavy (non-hydrogen) atoms. The molecule has 0 aromatic heterocycles. The molecule has 0 radical (unpaired) electrons. The first-order valence-electron chi connectivity index (χ1n) is 5.50. The Hall–Kier alpha value is -1.64. The number of hydrogen-bond donors (Lipinski definition) is 0. The van der Waals surface area contributed by atoms with E-state index >= 15 is 0 Å². The maximum absolute atomic E-state index is 11.3. The summed E-state index contributed by atoms with van der Waals surface area (Å²) >= 11 is 0. The number of carbonyl (C=O) groups excluding carboxylic acids is 1. The molecule has 3 heteroatoms. The van der Waals surface area contributed by atoms with Crippen LogP contribution in [0.3, 0.4) is 0 Å². The summed E-state index contributed by atoms with van der Waals surface area (Å²) in [5.41, 5.74) is 1.86. The van der Waals surface area contributed by atoms with Crippen LogP contribution in [0.25, 0.3) is 0 Å². The Morgan fingerprint density at radius 1 is 1.31 bits per heavy atom. The number of methoxy groups -OCH3 is 1. The largest absolute Gasteiger partial charge is 0.497 e. The van der Waals surface area contributed by atoms with Gasteiger partial charge >= 0.3 is 0 Å². The van der Waals surface area contributed by atoms with E-state index in [2.05, 4.69) is 4.99 Å².